The minimum atomic E-state index is -0.982. The summed E-state index contributed by atoms with van der Waals surface area (Å²) in [6.45, 7) is 4.38. The summed E-state index contributed by atoms with van der Waals surface area (Å²) < 4.78 is 10.9. The van der Waals surface area contributed by atoms with Crippen molar-refractivity contribution < 1.29 is 19.4 Å². The van der Waals surface area contributed by atoms with Crippen LogP contribution in [0.4, 0.5) is 5.69 Å². The number of fused-ring (bicyclic) bond motifs is 1. The van der Waals surface area contributed by atoms with Gasteiger partial charge in [-0.05, 0) is 26.0 Å². The first-order valence-electron chi connectivity index (χ1n) is 5.80. The molecule has 18 heavy (non-hydrogen) atoms. The van der Waals surface area contributed by atoms with Crippen LogP contribution in [0.25, 0.3) is 0 Å². The van der Waals surface area contributed by atoms with Crippen molar-refractivity contribution in [2.24, 2.45) is 0 Å². The van der Waals surface area contributed by atoms with E-state index in [1.165, 1.54) is 0 Å². The van der Waals surface area contributed by atoms with Crippen molar-refractivity contribution in [2.75, 3.05) is 25.2 Å². The number of ether oxygens (including phenoxy) is 2. The van der Waals surface area contributed by atoms with Gasteiger partial charge in [-0.15, -0.1) is 0 Å². The Labute approximate surface area is 106 Å². The Kier molecular flexibility index (Phi) is 3.07. The number of carboxylic acids is 1. The van der Waals surface area contributed by atoms with Crippen LogP contribution in [-0.2, 0) is 4.79 Å². The second-order valence-electron chi connectivity index (χ2n) is 4.75. The first-order chi connectivity index (χ1) is 8.43. The van der Waals surface area contributed by atoms with Crippen LogP contribution >= 0.6 is 0 Å². The Balaban J connectivity index is 2.31. The van der Waals surface area contributed by atoms with E-state index in [-0.39, 0.29) is 0 Å². The number of aliphatic carboxylic acids is 1. The molecule has 1 aliphatic heterocycles. The third kappa shape index (κ3) is 2.08. The molecule has 0 amide bonds. The Morgan fingerprint density at radius 3 is 2.50 bits per heavy atom. The lowest BCUT2D eigenvalue weighted by Crippen LogP contribution is -2.48. The number of anilines is 1. The van der Waals surface area contributed by atoms with Gasteiger partial charge in [-0.2, -0.15) is 0 Å². The second-order valence-corrected chi connectivity index (χ2v) is 4.75. The van der Waals surface area contributed by atoms with Crippen molar-refractivity contribution in [2.45, 2.75) is 19.4 Å². The third-order valence-electron chi connectivity index (χ3n) is 3.27. The van der Waals surface area contributed by atoms with Crippen LogP contribution in [0.3, 0.4) is 0 Å². The van der Waals surface area contributed by atoms with Crippen molar-refractivity contribution >= 4 is 11.7 Å². The van der Waals surface area contributed by atoms with E-state index in [0.29, 0.717) is 24.7 Å². The van der Waals surface area contributed by atoms with Crippen LogP contribution in [0, 0.1) is 0 Å². The van der Waals surface area contributed by atoms with Crippen LogP contribution in [0.15, 0.2) is 18.2 Å². The topological polar surface area (TPSA) is 59.0 Å². The van der Waals surface area contributed by atoms with Crippen molar-refractivity contribution in [3.8, 4) is 11.5 Å². The molecule has 1 N–H and O–H groups in total. The molecule has 5 nitrogen and oxygen atoms in total. The van der Waals surface area contributed by atoms with Gasteiger partial charge in [0.2, 0.25) is 0 Å². The zero-order chi connectivity index (χ0) is 13.3. The van der Waals surface area contributed by atoms with Crippen LogP contribution in [-0.4, -0.2) is 36.9 Å². The average Bonchev–Trinajstić information content (AvgIpc) is 2.37. The van der Waals surface area contributed by atoms with E-state index in [4.69, 9.17) is 9.47 Å². The summed E-state index contributed by atoms with van der Waals surface area (Å²) in [5.41, 5.74) is -0.198. The van der Waals surface area contributed by atoms with Crippen molar-refractivity contribution in [3.05, 3.63) is 18.2 Å². The summed E-state index contributed by atoms with van der Waals surface area (Å²) in [4.78, 5) is 12.9. The van der Waals surface area contributed by atoms with Crippen molar-refractivity contribution in [1.29, 1.82) is 0 Å². The molecule has 0 radical (unpaired) electrons. The molecule has 0 fully saturated rings. The first-order valence-corrected chi connectivity index (χ1v) is 5.80. The van der Waals surface area contributed by atoms with E-state index in [9.17, 15) is 9.90 Å². The minimum absolute atomic E-state index is 0.516. The summed E-state index contributed by atoms with van der Waals surface area (Å²) in [6.07, 6.45) is 0. The lowest BCUT2D eigenvalue weighted by atomic mass is 10.0. The average molecular weight is 251 g/mol. The lowest BCUT2D eigenvalue weighted by Gasteiger charge is -2.34. The van der Waals surface area contributed by atoms with Gasteiger partial charge in [-0.3, -0.25) is 0 Å². The standard InChI is InChI=1S/C13H17NO4/c1-13(2,12(15)16)14(3)9-4-5-10-11(8-9)18-7-6-17-10/h4-5,8H,6-7H2,1-3H3,(H,15,16). The molecule has 1 heterocycles. The second kappa shape index (κ2) is 4.40. The molecule has 0 atom stereocenters. The predicted molar refractivity (Wildman–Crippen MR) is 67.5 cm³/mol. The molecule has 1 aromatic carbocycles. The summed E-state index contributed by atoms with van der Waals surface area (Å²) >= 11 is 0. The molecule has 0 aliphatic carbocycles. The Morgan fingerprint density at radius 1 is 1.28 bits per heavy atom. The minimum Gasteiger partial charge on any atom is -0.486 e. The van der Waals surface area contributed by atoms with Gasteiger partial charge < -0.3 is 19.5 Å². The maximum Gasteiger partial charge on any atom is 0.328 e. The molecule has 0 spiro atoms. The van der Waals surface area contributed by atoms with Gasteiger partial charge >= 0.3 is 5.97 Å². The summed E-state index contributed by atoms with van der Waals surface area (Å²) in [7, 11) is 1.75. The highest BCUT2D eigenvalue weighted by Crippen LogP contribution is 2.35. The smallest absolute Gasteiger partial charge is 0.328 e. The predicted octanol–water partition coefficient (Wildman–Crippen LogP) is 1.76. The fourth-order valence-corrected chi connectivity index (χ4v) is 1.71. The Morgan fingerprint density at radius 2 is 1.89 bits per heavy atom. The quantitative estimate of drug-likeness (QED) is 0.887. The summed E-state index contributed by atoms with van der Waals surface area (Å²) in [5.74, 6) is 0.484. The molecule has 0 aromatic heterocycles. The molecule has 1 aliphatic rings. The van der Waals surface area contributed by atoms with E-state index in [1.54, 1.807) is 37.9 Å². The number of carboxylic acid groups (broad SMARTS) is 1. The molecule has 0 bridgehead atoms. The molecule has 0 saturated heterocycles. The maximum absolute atomic E-state index is 11.2. The summed E-state index contributed by atoms with van der Waals surface area (Å²) in [5, 5.41) is 9.21. The highest BCUT2D eigenvalue weighted by molar-refractivity contribution is 5.82. The fourth-order valence-electron chi connectivity index (χ4n) is 1.71. The van der Waals surface area contributed by atoms with Crippen molar-refractivity contribution in [3.63, 3.8) is 0 Å². The number of rotatable bonds is 3. The molecule has 0 saturated carbocycles. The Hall–Kier alpha value is -1.91. The molecular weight excluding hydrogens is 234 g/mol. The van der Waals surface area contributed by atoms with Crippen LogP contribution in [0.1, 0.15) is 13.8 Å². The van der Waals surface area contributed by atoms with Gasteiger partial charge in [-0.25, -0.2) is 4.79 Å². The number of benzene rings is 1. The van der Waals surface area contributed by atoms with Gasteiger partial charge in [0.15, 0.2) is 11.5 Å². The number of carbonyl (C=O) groups is 1. The van der Waals surface area contributed by atoms with Crippen molar-refractivity contribution in [1.82, 2.24) is 0 Å². The zero-order valence-corrected chi connectivity index (χ0v) is 10.8. The molecular formula is C13H17NO4. The number of likely N-dealkylation sites (N-methyl/N-ethyl adjacent to an activating group) is 1. The van der Waals surface area contributed by atoms with Gasteiger partial charge in [0.1, 0.15) is 18.8 Å². The van der Waals surface area contributed by atoms with Gasteiger partial charge in [-0.1, -0.05) is 0 Å². The highest BCUT2D eigenvalue weighted by atomic mass is 16.6. The highest BCUT2D eigenvalue weighted by Gasteiger charge is 2.32. The van der Waals surface area contributed by atoms with Gasteiger partial charge in [0.25, 0.3) is 0 Å². The van der Waals surface area contributed by atoms with E-state index in [1.807, 2.05) is 6.07 Å². The van der Waals surface area contributed by atoms with Gasteiger partial charge in [0.05, 0.1) is 0 Å². The van der Waals surface area contributed by atoms with E-state index < -0.39 is 11.5 Å². The number of hydrogen-bond donors (Lipinski definition) is 1. The SMILES string of the molecule is CN(c1ccc2c(c1)OCCO2)C(C)(C)C(=O)O. The molecule has 5 heteroatoms. The molecule has 98 valence electrons. The zero-order valence-electron chi connectivity index (χ0n) is 10.8. The number of nitrogens with zero attached hydrogens (tertiary/aromatic N) is 1. The maximum atomic E-state index is 11.2. The normalized spacial score (nSPS) is 14.2. The van der Waals surface area contributed by atoms with Crippen LogP contribution in [0.2, 0.25) is 0 Å². The van der Waals surface area contributed by atoms with E-state index in [0.717, 1.165) is 5.69 Å². The first kappa shape index (κ1) is 12.5. The molecule has 0 unspecified atom stereocenters. The lowest BCUT2D eigenvalue weighted by molar-refractivity contribution is -0.142. The largest absolute Gasteiger partial charge is 0.486 e. The van der Waals surface area contributed by atoms with E-state index in [2.05, 4.69) is 0 Å². The van der Waals surface area contributed by atoms with E-state index >= 15 is 0 Å². The van der Waals surface area contributed by atoms with Crippen LogP contribution in [0.5, 0.6) is 11.5 Å². The molecule has 1 aromatic rings. The monoisotopic (exact) mass is 251 g/mol. The fraction of sp³-hybridized carbons (Fsp3) is 0.462. The molecule has 2 rings (SSSR count). The summed E-state index contributed by atoms with van der Waals surface area (Å²) in [6, 6.07) is 5.44. The van der Waals surface area contributed by atoms with Crippen LogP contribution < -0.4 is 14.4 Å². The third-order valence-corrected chi connectivity index (χ3v) is 3.27. The Bertz CT molecular complexity index is 470. The van der Waals surface area contributed by atoms with Gasteiger partial charge in [0, 0.05) is 18.8 Å². The number of hydrogen-bond acceptors (Lipinski definition) is 4.